The lowest BCUT2D eigenvalue weighted by molar-refractivity contribution is 0.747. The molecule has 0 saturated carbocycles. The third-order valence-corrected chi connectivity index (χ3v) is 3.96. The lowest BCUT2D eigenvalue weighted by Gasteiger charge is -2.08. The maximum atomic E-state index is 4.78. The van der Waals surface area contributed by atoms with E-state index < -0.39 is 0 Å². The fourth-order valence-electron chi connectivity index (χ4n) is 2.57. The third kappa shape index (κ3) is 2.99. The molecule has 4 nitrogen and oxygen atoms in total. The predicted octanol–water partition coefficient (Wildman–Crippen LogP) is 3.43. The van der Waals surface area contributed by atoms with Gasteiger partial charge in [0.2, 0.25) is 0 Å². The van der Waals surface area contributed by atoms with Crippen molar-refractivity contribution >= 4 is 39.9 Å². The number of nitrogens with one attached hydrogen (secondary N) is 1. The molecule has 2 heterocycles. The van der Waals surface area contributed by atoms with Gasteiger partial charge in [-0.15, -0.1) is 12.4 Å². The van der Waals surface area contributed by atoms with Crippen molar-refractivity contribution in [2.45, 2.75) is 13.3 Å². The third-order valence-electron chi connectivity index (χ3n) is 3.46. The minimum atomic E-state index is 0. The molecule has 1 aromatic carbocycles. The quantitative estimate of drug-likeness (QED) is 0.881. The van der Waals surface area contributed by atoms with Crippen molar-refractivity contribution in [2.24, 2.45) is 12.0 Å². The first kappa shape index (κ1) is 16.0. The number of aliphatic imine (C=N–C) groups is 1. The summed E-state index contributed by atoms with van der Waals surface area (Å²) in [5.74, 6) is 1.07. The summed E-state index contributed by atoms with van der Waals surface area (Å²) in [4.78, 5) is 4.78. The number of aryl methyl sites for hydroxylation is 2. The van der Waals surface area contributed by atoms with E-state index >= 15 is 0 Å². The van der Waals surface area contributed by atoms with Crippen molar-refractivity contribution in [3.05, 3.63) is 45.6 Å². The first-order chi connectivity index (χ1) is 9.70. The second kappa shape index (κ2) is 6.62. The Bertz CT molecular complexity index is 678. The highest BCUT2D eigenvalue weighted by Gasteiger charge is 2.22. The van der Waals surface area contributed by atoms with E-state index in [9.17, 15) is 0 Å². The van der Waals surface area contributed by atoms with Gasteiger partial charge in [-0.1, -0.05) is 35.0 Å². The summed E-state index contributed by atoms with van der Waals surface area (Å²) in [6, 6.07) is 8.29. The fraction of sp³-hybridized carbons (Fsp3) is 0.333. The number of halogens is 2. The molecule has 0 fully saturated rings. The summed E-state index contributed by atoms with van der Waals surface area (Å²) in [5.41, 5.74) is 4.41. The molecule has 0 unspecified atom stereocenters. The highest BCUT2D eigenvalue weighted by molar-refractivity contribution is 9.10. The molecule has 0 amide bonds. The number of benzene rings is 1. The van der Waals surface area contributed by atoms with Crippen molar-refractivity contribution in [1.29, 1.82) is 0 Å². The van der Waals surface area contributed by atoms with Gasteiger partial charge in [-0.25, -0.2) is 0 Å². The Labute approximate surface area is 139 Å². The topological polar surface area (TPSA) is 42.2 Å². The number of hydrogen-bond acceptors (Lipinski definition) is 3. The van der Waals surface area contributed by atoms with Gasteiger partial charge < -0.3 is 5.32 Å². The molecule has 2 aromatic rings. The fourth-order valence-corrected chi connectivity index (χ4v) is 2.97. The molecule has 1 aromatic heterocycles. The van der Waals surface area contributed by atoms with Crippen LogP contribution in [0.3, 0.4) is 0 Å². The molecule has 6 heteroatoms. The molecule has 0 bridgehead atoms. The molecule has 0 atom stereocenters. The molecular formula is C15H18BrClN4. The number of hydrogen-bond donors (Lipinski definition) is 1. The zero-order valence-corrected chi connectivity index (χ0v) is 14.5. The van der Waals surface area contributed by atoms with Crippen LogP contribution < -0.4 is 5.32 Å². The lowest BCUT2D eigenvalue weighted by atomic mass is 10.0. The van der Waals surface area contributed by atoms with E-state index in [2.05, 4.69) is 45.4 Å². The van der Waals surface area contributed by atoms with Gasteiger partial charge in [-0.05, 0) is 18.6 Å². The van der Waals surface area contributed by atoms with Crippen LogP contribution in [0.15, 0.2) is 33.7 Å². The van der Waals surface area contributed by atoms with Crippen molar-refractivity contribution < 1.29 is 0 Å². The van der Waals surface area contributed by atoms with E-state index in [0.717, 1.165) is 52.3 Å². The van der Waals surface area contributed by atoms with Crippen LogP contribution in [-0.2, 0) is 13.5 Å². The van der Waals surface area contributed by atoms with E-state index in [-0.39, 0.29) is 12.4 Å². The first-order valence-electron chi connectivity index (χ1n) is 6.81. The van der Waals surface area contributed by atoms with Crippen LogP contribution >= 0.6 is 28.3 Å². The summed E-state index contributed by atoms with van der Waals surface area (Å²) in [7, 11) is 1.98. The molecule has 0 spiro atoms. The average Bonchev–Trinajstić information content (AvgIpc) is 2.63. The van der Waals surface area contributed by atoms with E-state index in [1.165, 1.54) is 0 Å². The Hall–Kier alpha value is -1.33. The highest BCUT2D eigenvalue weighted by Crippen LogP contribution is 2.26. The smallest absolute Gasteiger partial charge is 0.133 e. The molecule has 1 aliphatic rings. The second-order valence-corrected chi connectivity index (χ2v) is 5.73. The summed E-state index contributed by atoms with van der Waals surface area (Å²) < 4.78 is 2.99. The Morgan fingerprint density at radius 2 is 2.19 bits per heavy atom. The Balaban J connectivity index is 0.00000161. The molecule has 1 aliphatic heterocycles. The van der Waals surface area contributed by atoms with Gasteiger partial charge in [0.25, 0.3) is 0 Å². The van der Waals surface area contributed by atoms with E-state index in [0.29, 0.717) is 0 Å². The zero-order chi connectivity index (χ0) is 14.1. The van der Waals surface area contributed by atoms with Crippen LogP contribution in [-0.4, -0.2) is 28.6 Å². The van der Waals surface area contributed by atoms with E-state index in [1.54, 1.807) is 0 Å². The van der Waals surface area contributed by atoms with Crippen LogP contribution in [0.5, 0.6) is 0 Å². The zero-order valence-electron chi connectivity index (χ0n) is 12.1. The molecule has 1 N–H and O–H groups in total. The molecule has 3 rings (SSSR count). The maximum absolute atomic E-state index is 4.78. The average molecular weight is 370 g/mol. The molecule has 0 saturated heterocycles. The van der Waals surface area contributed by atoms with Crippen molar-refractivity contribution in [2.75, 3.05) is 18.4 Å². The van der Waals surface area contributed by atoms with Crippen LogP contribution in [0.25, 0.3) is 0 Å². The van der Waals surface area contributed by atoms with Crippen molar-refractivity contribution in [3.8, 4) is 0 Å². The van der Waals surface area contributed by atoms with Crippen LogP contribution in [0.2, 0.25) is 0 Å². The predicted molar refractivity (Wildman–Crippen MR) is 93.0 cm³/mol. The number of rotatable bonds is 2. The van der Waals surface area contributed by atoms with Crippen LogP contribution in [0.4, 0.5) is 5.82 Å². The van der Waals surface area contributed by atoms with E-state index in [1.807, 2.05) is 23.9 Å². The van der Waals surface area contributed by atoms with Crippen molar-refractivity contribution in [3.63, 3.8) is 0 Å². The van der Waals surface area contributed by atoms with Gasteiger partial charge in [-0.3, -0.25) is 9.67 Å². The number of aromatic nitrogens is 2. The molecule has 21 heavy (non-hydrogen) atoms. The first-order valence-corrected chi connectivity index (χ1v) is 7.60. The van der Waals surface area contributed by atoms with Gasteiger partial charge in [-0.2, -0.15) is 5.10 Å². The van der Waals surface area contributed by atoms with E-state index in [4.69, 9.17) is 4.99 Å². The molecular weight excluding hydrogens is 352 g/mol. The maximum Gasteiger partial charge on any atom is 0.133 e. The summed E-state index contributed by atoms with van der Waals surface area (Å²) in [5, 5.41) is 8.05. The highest BCUT2D eigenvalue weighted by atomic mass is 79.9. The standard InChI is InChI=1S/C15H17BrN4.ClH/c1-3-12-13-14(10-5-4-6-11(16)9-10)17-7-8-18-15(13)20(2)19-12;/h4-6,9,18H,3,7-8H2,1-2H3;1H. The molecule has 112 valence electrons. The second-order valence-electron chi connectivity index (χ2n) is 4.81. The van der Waals surface area contributed by atoms with Crippen LogP contribution in [0.1, 0.15) is 23.7 Å². The summed E-state index contributed by atoms with van der Waals surface area (Å²) >= 11 is 3.54. The van der Waals surface area contributed by atoms with Gasteiger partial charge in [0, 0.05) is 23.6 Å². The summed E-state index contributed by atoms with van der Waals surface area (Å²) in [6.45, 7) is 3.75. The van der Waals surface area contributed by atoms with Gasteiger partial charge in [0.15, 0.2) is 0 Å². The van der Waals surface area contributed by atoms with Crippen LogP contribution in [0, 0.1) is 0 Å². The minimum Gasteiger partial charge on any atom is -0.368 e. The number of nitrogens with zero attached hydrogens (tertiary/aromatic N) is 3. The monoisotopic (exact) mass is 368 g/mol. The number of fused-ring (bicyclic) bond motifs is 1. The van der Waals surface area contributed by atoms with Gasteiger partial charge in [0.1, 0.15) is 5.82 Å². The van der Waals surface area contributed by atoms with Gasteiger partial charge >= 0.3 is 0 Å². The number of anilines is 1. The molecule has 0 aliphatic carbocycles. The summed E-state index contributed by atoms with van der Waals surface area (Å²) in [6.07, 6.45) is 0.901. The Morgan fingerprint density at radius 3 is 2.90 bits per heavy atom. The SMILES string of the molecule is CCc1nn(C)c2c1C(c1cccc(Br)c1)=NCCN2.Cl. The Morgan fingerprint density at radius 1 is 1.38 bits per heavy atom. The van der Waals surface area contributed by atoms with Crippen molar-refractivity contribution in [1.82, 2.24) is 9.78 Å². The largest absolute Gasteiger partial charge is 0.368 e. The molecule has 0 radical (unpaired) electrons. The van der Waals surface area contributed by atoms with Gasteiger partial charge in [0.05, 0.1) is 23.5 Å². The lowest BCUT2D eigenvalue weighted by Crippen LogP contribution is -2.08. The normalized spacial score (nSPS) is 13.6. The Kier molecular flexibility index (Phi) is 5.06. The minimum absolute atomic E-state index is 0.